The maximum Gasteiger partial charge on any atom is 0.0671 e. The van der Waals surface area contributed by atoms with Crippen molar-refractivity contribution in [3.63, 3.8) is 0 Å². The Kier molecular flexibility index (Phi) is 3.22. The summed E-state index contributed by atoms with van der Waals surface area (Å²) in [7, 11) is 0. The van der Waals surface area contributed by atoms with E-state index in [4.69, 9.17) is 4.99 Å². The van der Waals surface area contributed by atoms with Crippen molar-refractivity contribution in [2.45, 2.75) is 37.5 Å². The van der Waals surface area contributed by atoms with E-state index in [1.165, 1.54) is 47.4 Å². The monoisotopic (exact) mass is 287 g/mol. The van der Waals surface area contributed by atoms with Crippen LogP contribution in [0.1, 0.15) is 37.7 Å². The van der Waals surface area contributed by atoms with Gasteiger partial charge in [-0.05, 0) is 54.5 Å². The lowest BCUT2D eigenvalue weighted by Crippen LogP contribution is -2.35. The third kappa shape index (κ3) is 1.96. The van der Waals surface area contributed by atoms with Crippen LogP contribution in [0.4, 0.5) is 5.69 Å². The van der Waals surface area contributed by atoms with Crippen molar-refractivity contribution in [1.82, 2.24) is 0 Å². The molecule has 22 heavy (non-hydrogen) atoms. The van der Waals surface area contributed by atoms with Gasteiger partial charge in [-0.25, -0.2) is 0 Å². The van der Waals surface area contributed by atoms with Crippen LogP contribution in [0.5, 0.6) is 0 Å². The van der Waals surface area contributed by atoms with Crippen molar-refractivity contribution < 1.29 is 0 Å². The van der Waals surface area contributed by atoms with E-state index < -0.39 is 0 Å². The molecule has 1 saturated carbocycles. The molecule has 1 heteroatoms. The molecule has 2 aromatic carbocycles. The van der Waals surface area contributed by atoms with Gasteiger partial charge in [-0.3, -0.25) is 4.99 Å². The van der Waals surface area contributed by atoms with Crippen LogP contribution in [-0.4, -0.2) is 5.71 Å². The largest absolute Gasteiger partial charge is 0.257 e. The highest BCUT2D eigenvalue weighted by molar-refractivity contribution is 6.03. The number of allylic oxidation sites excluding steroid dienone is 1. The minimum absolute atomic E-state index is 0.125. The van der Waals surface area contributed by atoms with Crippen LogP contribution < -0.4 is 0 Å². The van der Waals surface area contributed by atoms with Gasteiger partial charge < -0.3 is 0 Å². The molecule has 1 heterocycles. The summed E-state index contributed by atoms with van der Waals surface area (Å²) in [6.45, 7) is 4.01. The van der Waals surface area contributed by atoms with Crippen LogP contribution in [0.2, 0.25) is 0 Å². The zero-order valence-electron chi connectivity index (χ0n) is 12.9. The fraction of sp³-hybridized carbons (Fsp3) is 0.286. The fourth-order valence-corrected chi connectivity index (χ4v) is 4.10. The lowest BCUT2D eigenvalue weighted by atomic mass is 9.67. The average molecular weight is 287 g/mol. The summed E-state index contributed by atoms with van der Waals surface area (Å²) in [5, 5.41) is 0. The van der Waals surface area contributed by atoms with Gasteiger partial charge in [-0.2, -0.15) is 0 Å². The van der Waals surface area contributed by atoms with Crippen LogP contribution in [0, 0.1) is 0 Å². The summed E-state index contributed by atoms with van der Waals surface area (Å²) in [5.74, 6) is 0. The highest BCUT2D eigenvalue weighted by Gasteiger charge is 2.43. The molecule has 1 aliphatic heterocycles. The van der Waals surface area contributed by atoms with Crippen molar-refractivity contribution in [3.05, 3.63) is 66.7 Å². The number of nitrogens with zero attached hydrogens (tertiary/aromatic N) is 1. The van der Waals surface area contributed by atoms with Crippen LogP contribution in [0.3, 0.4) is 0 Å². The number of aliphatic imine (C=N–C) groups is 1. The molecule has 1 aliphatic carbocycles. The summed E-state index contributed by atoms with van der Waals surface area (Å²) in [6.07, 6.45) is 8.01. The number of fused-ring (bicyclic) bond motifs is 3. The molecule has 0 aromatic heterocycles. The van der Waals surface area contributed by atoms with E-state index >= 15 is 0 Å². The second kappa shape index (κ2) is 5.24. The predicted octanol–water partition coefficient (Wildman–Crippen LogP) is 5.83. The first-order chi connectivity index (χ1) is 10.8. The van der Waals surface area contributed by atoms with Gasteiger partial charge in [-0.15, -0.1) is 6.58 Å². The molecule has 2 aromatic rings. The molecule has 1 nitrogen and oxygen atoms in total. The van der Waals surface area contributed by atoms with E-state index in [2.05, 4.69) is 61.2 Å². The molecular weight excluding hydrogens is 266 g/mol. The van der Waals surface area contributed by atoms with E-state index in [0.29, 0.717) is 0 Å². The van der Waals surface area contributed by atoms with Gasteiger partial charge in [0.1, 0.15) is 0 Å². The third-order valence-electron chi connectivity index (χ3n) is 5.19. The second-order valence-corrected chi connectivity index (χ2v) is 6.44. The van der Waals surface area contributed by atoms with E-state index in [1.807, 2.05) is 0 Å². The van der Waals surface area contributed by atoms with Crippen molar-refractivity contribution >= 4 is 11.4 Å². The fourth-order valence-electron chi connectivity index (χ4n) is 4.10. The lowest BCUT2D eigenvalue weighted by molar-refractivity contribution is 0.467. The predicted molar refractivity (Wildman–Crippen MR) is 93.9 cm³/mol. The Labute approximate surface area is 132 Å². The summed E-state index contributed by atoms with van der Waals surface area (Å²) in [6, 6.07) is 17.4. The molecule has 0 radical (unpaired) electrons. The Bertz CT molecular complexity index is 742. The van der Waals surface area contributed by atoms with Gasteiger partial charge in [0, 0.05) is 11.1 Å². The van der Waals surface area contributed by atoms with Crippen LogP contribution in [0.15, 0.2) is 66.2 Å². The minimum atomic E-state index is 0.125. The van der Waals surface area contributed by atoms with Crippen LogP contribution in [-0.2, 0) is 5.41 Å². The van der Waals surface area contributed by atoms with E-state index in [-0.39, 0.29) is 5.41 Å². The maximum absolute atomic E-state index is 4.97. The molecule has 2 aliphatic rings. The first-order valence-corrected chi connectivity index (χ1v) is 8.22. The topological polar surface area (TPSA) is 12.4 Å². The van der Waals surface area contributed by atoms with Gasteiger partial charge in [0.05, 0.1) is 5.69 Å². The molecule has 110 valence electrons. The van der Waals surface area contributed by atoms with Crippen molar-refractivity contribution in [2.75, 3.05) is 0 Å². The summed E-state index contributed by atoms with van der Waals surface area (Å²) < 4.78 is 0. The maximum atomic E-state index is 4.97. The zero-order valence-corrected chi connectivity index (χ0v) is 12.9. The Hall–Kier alpha value is -2.15. The standard InChI is InChI=1S/C21H21N/c1-2-13-21-14-7-6-10-20(21)22-19-12-11-17(15-18(19)21)16-8-4-3-5-9-16/h2-5,8-9,11-12,15H,1,6-7,10,13-14H2. The SMILES string of the molecule is C=CCC12CCCCC1=Nc1ccc(-c3ccccc3)cc12. The zero-order chi connectivity index (χ0) is 15.0. The van der Waals surface area contributed by atoms with Gasteiger partial charge >= 0.3 is 0 Å². The van der Waals surface area contributed by atoms with Crippen LogP contribution in [0.25, 0.3) is 11.1 Å². The third-order valence-corrected chi connectivity index (χ3v) is 5.19. The molecule has 0 spiro atoms. The first-order valence-electron chi connectivity index (χ1n) is 8.22. The van der Waals surface area contributed by atoms with Crippen molar-refractivity contribution in [1.29, 1.82) is 0 Å². The molecule has 0 amide bonds. The Morgan fingerprint density at radius 3 is 2.73 bits per heavy atom. The molecule has 1 fully saturated rings. The molecule has 4 rings (SSSR count). The number of hydrogen-bond donors (Lipinski definition) is 0. The van der Waals surface area contributed by atoms with Gasteiger partial charge in [-0.1, -0.05) is 48.9 Å². The molecule has 0 saturated heterocycles. The van der Waals surface area contributed by atoms with Gasteiger partial charge in [0.15, 0.2) is 0 Å². The van der Waals surface area contributed by atoms with E-state index in [9.17, 15) is 0 Å². The quantitative estimate of drug-likeness (QED) is 0.630. The first kappa shape index (κ1) is 13.5. The molecule has 1 unspecified atom stereocenters. The molecule has 0 N–H and O–H groups in total. The normalized spacial score (nSPS) is 22.6. The Morgan fingerprint density at radius 1 is 1.05 bits per heavy atom. The second-order valence-electron chi connectivity index (χ2n) is 6.44. The summed E-state index contributed by atoms with van der Waals surface area (Å²) >= 11 is 0. The summed E-state index contributed by atoms with van der Waals surface area (Å²) in [5.41, 5.74) is 6.69. The Morgan fingerprint density at radius 2 is 1.91 bits per heavy atom. The highest BCUT2D eigenvalue weighted by atomic mass is 14.8. The average Bonchev–Trinajstić information content (AvgIpc) is 2.89. The Balaban J connectivity index is 1.85. The highest BCUT2D eigenvalue weighted by Crippen LogP contribution is 2.50. The molecule has 1 atom stereocenters. The lowest BCUT2D eigenvalue weighted by Gasteiger charge is -2.35. The molecule has 0 bridgehead atoms. The number of rotatable bonds is 3. The van der Waals surface area contributed by atoms with Gasteiger partial charge in [0.25, 0.3) is 0 Å². The number of hydrogen-bond acceptors (Lipinski definition) is 1. The van der Waals surface area contributed by atoms with Crippen LogP contribution >= 0.6 is 0 Å². The minimum Gasteiger partial charge on any atom is -0.257 e. The molecular formula is C21H21N. The summed E-state index contributed by atoms with van der Waals surface area (Å²) in [4.78, 5) is 4.97. The smallest absolute Gasteiger partial charge is 0.0671 e. The van der Waals surface area contributed by atoms with E-state index in [0.717, 1.165) is 12.8 Å². The number of benzene rings is 2. The van der Waals surface area contributed by atoms with E-state index in [1.54, 1.807) is 0 Å². The van der Waals surface area contributed by atoms with Gasteiger partial charge in [0.2, 0.25) is 0 Å². The van der Waals surface area contributed by atoms with Crippen molar-refractivity contribution in [3.8, 4) is 11.1 Å². The van der Waals surface area contributed by atoms with Crippen molar-refractivity contribution in [2.24, 2.45) is 4.99 Å².